The second kappa shape index (κ2) is 15.7. The molecule has 2 atom stereocenters. The number of benzene rings is 3. The van der Waals surface area contributed by atoms with E-state index >= 15 is 0 Å². The summed E-state index contributed by atoms with van der Waals surface area (Å²) in [6, 6.07) is 20.5. The summed E-state index contributed by atoms with van der Waals surface area (Å²) >= 11 is 14.1. The average Bonchev–Trinajstić information content (AvgIpc) is 3.81. The molecule has 4 heterocycles. The van der Waals surface area contributed by atoms with Crippen molar-refractivity contribution in [3.63, 3.8) is 0 Å². The summed E-state index contributed by atoms with van der Waals surface area (Å²) in [6.07, 6.45) is 6.04. The lowest BCUT2D eigenvalue weighted by Crippen LogP contribution is -2.56. The Kier molecular flexibility index (Phi) is 10.7. The van der Waals surface area contributed by atoms with Gasteiger partial charge in [-0.2, -0.15) is 0 Å². The third kappa shape index (κ3) is 7.37. The summed E-state index contributed by atoms with van der Waals surface area (Å²) in [7, 11) is 3.26. The normalized spacial score (nSPS) is 23.1. The van der Waals surface area contributed by atoms with Gasteiger partial charge < -0.3 is 30.0 Å². The van der Waals surface area contributed by atoms with Crippen molar-refractivity contribution in [3.05, 3.63) is 93.0 Å². The van der Waals surface area contributed by atoms with Crippen LogP contribution in [0.3, 0.4) is 0 Å². The van der Waals surface area contributed by atoms with Gasteiger partial charge in [0.25, 0.3) is 0 Å². The number of halogens is 2. The molecule has 1 saturated carbocycles. The Balaban J connectivity index is 0.994. The molecular weight excluding hydrogens is 739 g/mol. The molecule has 0 radical (unpaired) electrons. The van der Waals surface area contributed by atoms with Crippen molar-refractivity contribution in [2.24, 2.45) is 5.41 Å². The number of ether oxygens (including phenoxy) is 3. The van der Waals surface area contributed by atoms with Crippen molar-refractivity contribution >= 4 is 35.1 Å². The Bertz CT molecular complexity index is 2120. The summed E-state index contributed by atoms with van der Waals surface area (Å²) in [4.78, 5) is 30.9. The van der Waals surface area contributed by atoms with Gasteiger partial charge in [0.15, 0.2) is 0 Å². The summed E-state index contributed by atoms with van der Waals surface area (Å²) < 4.78 is 18.2. The van der Waals surface area contributed by atoms with E-state index in [1.165, 1.54) is 5.56 Å². The van der Waals surface area contributed by atoms with Crippen LogP contribution in [0.15, 0.2) is 60.7 Å². The third-order valence-corrected chi connectivity index (χ3v) is 12.8. The van der Waals surface area contributed by atoms with Crippen LogP contribution in [0, 0.1) is 5.41 Å². The molecule has 3 aliphatic heterocycles. The zero-order valence-corrected chi connectivity index (χ0v) is 32.6. The Morgan fingerprint density at radius 1 is 0.945 bits per heavy atom. The summed E-state index contributed by atoms with van der Waals surface area (Å²) in [5, 5.41) is 17.5. The predicted molar refractivity (Wildman–Crippen MR) is 212 cm³/mol. The zero-order valence-electron chi connectivity index (χ0n) is 31.1. The first-order chi connectivity index (χ1) is 26.7. The highest BCUT2D eigenvalue weighted by molar-refractivity contribution is 6.36. The fourth-order valence-electron chi connectivity index (χ4n) is 9.09. The Labute approximate surface area is 331 Å². The molecule has 5 aliphatic rings. The smallest absolute Gasteiger partial charge is 0.310 e. The highest BCUT2D eigenvalue weighted by atomic mass is 35.5. The van der Waals surface area contributed by atoms with Gasteiger partial charge in [-0.05, 0) is 73.8 Å². The van der Waals surface area contributed by atoms with E-state index in [0.29, 0.717) is 71.8 Å². The second-order valence-corrected chi connectivity index (χ2v) is 16.1. The number of aromatic nitrogens is 1. The first kappa shape index (κ1) is 37.6. The van der Waals surface area contributed by atoms with E-state index in [1.807, 2.05) is 48.5 Å². The molecule has 1 aromatic heterocycles. The first-order valence-corrected chi connectivity index (χ1v) is 19.9. The largest absolute Gasteiger partial charge is 0.496 e. The lowest BCUT2D eigenvalue weighted by atomic mass is 9.67. The van der Waals surface area contributed by atoms with E-state index in [4.69, 9.17) is 42.4 Å². The lowest BCUT2D eigenvalue weighted by Gasteiger charge is -2.50. The van der Waals surface area contributed by atoms with E-state index < -0.39 is 11.4 Å². The minimum atomic E-state index is -0.694. The molecule has 10 nitrogen and oxygen atoms in total. The van der Waals surface area contributed by atoms with Gasteiger partial charge >= 0.3 is 5.97 Å². The van der Waals surface area contributed by atoms with E-state index in [-0.39, 0.29) is 18.1 Å². The van der Waals surface area contributed by atoms with Gasteiger partial charge in [-0.1, -0.05) is 65.7 Å². The number of amides is 1. The number of hydrogen-bond acceptors (Lipinski definition) is 8. The Hall–Kier alpha value is -4.35. The number of nitrogens with one attached hydrogen (secondary N) is 2. The van der Waals surface area contributed by atoms with Gasteiger partial charge in [0.1, 0.15) is 17.6 Å². The minimum absolute atomic E-state index is 0.103. The quantitative estimate of drug-likeness (QED) is 0.124. The van der Waals surface area contributed by atoms with E-state index in [9.17, 15) is 14.7 Å². The van der Waals surface area contributed by atoms with Gasteiger partial charge in [0.2, 0.25) is 11.8 Å². The highest BCUT2D eigenvalue weighted by Crippen LogP contribution is 2.48. The van der Waals surface area contributed by atoms with Crippen LogP contribution in [0.1, 0.15) is 73.3 Å². The van der Waals surface area contributed by atoms with Crippen molar-refractivity contribution in [1.29, 1.82) is 0 Å². The maximum absolute atomic E-state index is 12.2. The molecule has 288 valence electrons. The van der Waals surface area contributed by atoms with Crippen molar-refractivity contribution in [2.75, 3.05) is 27.3 Å². The third-order valence-electron chi connectivity index (χ3n) is 12.1. The first-order valence-electron chi connectivity index (χ1n) is 19.1. The molecule has 3 N–H and O–H groups in total. The summed E-state index contributed by atoms with van der Waals surface area (Å²) in [5.74, 6) is 1.16. The van der Waals surface area contributed by atoms with Crippen molar-refractivity contribution in [3.8, 4) is 39.8 Å². The number of carboxylic acid groups (broad SMARTS) is 1. The number of carboxylic acids is 1. The van der Waals surface area contributed by atoms with Gasteiger partial charge in [0, 0.05) is 73.0 Å². The maximum atomic E-state index is 12.2. The van der Waals surface area contributed by atoms with Gasteiger partial charge in [-0.25, -0.2) is 4.98 Å². The van der Waals surface area contributed by atoms with Gasteiger partial charge in [0.05, 0.1) is 35.4 Å². The SMILES string of the molecule is COc1cc(O[C@H]2CCc3c(-c4cccc(-c5ccc(CNC[C@@H]6CCC(=O)N6)c(OC)n5)c4Cl)cccc32)c(Cl)cc1CN1CC2(C(=O)O)CCC1CC2. The number of hydrogen-bond donors (Lipinski definition) is 3. The number of aliphatic carboxylic acids is 1. The standard InChI is InChI=1S/C43H46Cl2N4O6/c1-53-37-20-38(34(44)19-26(37)23-49-24-43(42(51)52)17-15-28(49)16-18-43)55-36-13-11-30-29(5-3-6-31(30)36)32-7-4-8-33(40(32)45)35-12-9-25(41(48-35)54-2)21-46-22-27-10-14-39(50)47-27/h3-9,12,19-20,27-28,36,46H,10-11,13-18,21-24H2,1-2H3,(H,47,50)(H,51,52)/t27-,28?,36-,43?/m0/s1. The fourth-order valence-corrected chi connectivity index (χ4v) is 9.64. The van der Waals surface area contributed by atoms with Crippen LogP contribution in [0.4, 0.5) is 0 Å². The van der Waals surface area contributed by atoms with Crippen LogP contribution in [0.2, 0.25) is 10.0 Å². The van der Waals surface area contributed by atoms with Gasteiger partial charge in [-0.15, -0.1) is 0 Å². The Morgan fingerprint density at radius 2 is 1.73 bits per heavy atom. The molecule has 9 rings (SSSR count). The number of fused-ring (bicyclic) bond motifs is 4. The second-order valence-electron chi connectivity index (χ2n) is 15.3. The van der Waals surface area contributed by atoms with Crippen LogP contribution in [-0.4, -0.2) is 66.3 Å². The summed E-state index contributed by atoms with van der Waals surface area (Å²) in [6.45, 7) is 2.36. The molecule has 3 saturated heterocycles. The molecule has 2 aliphatic carbocycles. The topological polar surface area (TPSA) is 122 Å². The molecular formula is C43H46Cl2N4O6. The number of carbonyl (C=O) groups excluding carboxylic acids is 1. The van der Waals surface area contributed by atoms with Crippen LogP contribution < -0.4 is 24.8 Å². The minimum Gasteiger partial charge on any atom is -0.496 e. The average molecular weight is 786 g/mol. The van der Waals surface area contributed by atoms with Crippen molar-refractivity contribution in [2.45, 2.75) is 82.6 Å². The molecule has 1 amide bonds. The molecule has 0 spiro atoms. The number of nitrogens with zero attached hydrogens (tertiary/aromatic N) is 2. The maximum Gasteiger partial charge on any atom is 0.310 e. The number of rotatable bonds is 13. The van der Waals surface area contributed by atoms with Crippen LogP contribution in [0.25, 0.3) is 22.4 Å². The monoisotopic (exact) mass is 784 g/mol. The molecule has 2 bridgehead atoms. The molecule has 4 fully saturated rings. The molecule has 4 aromatic rings. The molecule has 55 heavy (non-hydrogen) atoms. The number of carbonyl (C=O) groups is 2. The van der Waals surface area contributed by atoms with E-state index in [0.717, 1.165) is 78.3 Å². The summed E-state index contributed by atoms with van der Waals surface area (Å²) in [5.41, 5.74) is 6.95. The Morgan fingerprint density at radius 3 is 2.47 bits per heavy atom. The molecule has 3 aromatic carbocycles. The van der Waals surface area contributed by atoms with Crippen molar-refractivity contribution in [1.82, 2.24) is 20.5 Å². The fraction of sp³-hybridized carbons (Fsp3) is 0.419. The van der Waals surface area contributed by atoms with Crippen LogP contribution in [-0.2, 0) is 29.1 Å². The van der Waals surface area contributed by atoms with Crippen molar-refractivity contribution < 1.29 is 28.9 Å². The zero-order chi connectivity index (χ0) is 38.3. The molecule has 0 unspecified atom stereocenters. The van der Waals surface area contributed by atoms with Crippen LogP contribution in [0.5, 0.6) is 17.4 Å². The van der Waals surface area contributed by atoms with E-state index in [2.05, 4.69) is 27.7 Å². The van der Waals surface area contributed by atoms with Gasteiger partial charge in [-0.3, -0.25) is 14.5 Å². The lowest BCUT2D eigenvalue weighted by molar-refractivity contribution is -0.160. The highest BCUT2D eigenvalue weighted by Gasteiger charge is 2.49. The number of pyridine rings is 1. The van der Waals surface area contributed by atoms with Crippen LogP contribution >= 0.6 is 23.2 Å². The number of methoxy groups -OCH3 is 2. The van der Waals surface area contributed by atoms with E-state index in [1.54, 1.807) is 14.2 Å². The number of piperidine rings is 2. The molecule has 12 heteroatoms. The predicted octanol–water partition coefficient (Wildman–Crippen LogP) is 8.00.